The van der Waals surface area contributed by atoms with Crippen molar-refractivity contribution >= 4 is 23.8 Å². The Morgan fingerprint density at radius 1 is 0.939 bits per heavy atom. The summed E-state index contributed by atoms with van der Waals surface area (Å²) in [5, 5.41) is 22.6. The highest BCUT2D eigenvalue weighted by molar-refractivity contribution is 5.95. The van der Waals surface area contributed by atoms with Crippen LogP contribution in [0.5, 0.6) is 0 Å². The predicted molar refractivity (Wildman–Crippen MR) is 119 cm³/mol. The second kappa shape index (κ2) is 9.49. The van der Waals surface area contributed by atoms with Gasteiger partial charge in [-0.05, 0) is 34.4 Å². The highest BCUT2D eigenvalue weighted by Gasteiger charge is 2.29. The Morgan fingerprint density at radius 3 is 2.18 bits per heavy atom. The monoisotopic (exact) mass is 447 g/mol. The van der Waals surface area contributed by atoms with Gasteiger partial charge in [0.15, 0.2) is 6.04 Å². The summed E-state index contributed by atoms with van der Waals surface area (Å²) in [5.41, 5.74) is 4.28. The number of carboxylic acids is 1. The highest BCUT2D eigenvalue weighted by Crippen LogP contribution is 2.44. The topological polar surface area (TPSA) is 138 Å². The molecule has 1 aromatic heterocycles. The van der Waals surface area contributed by atoms with Crippen molar-refractivity contribution in [3.05, 3.63) is 83.6 Å². The van der Waals surface area contributed by atoms with Gasteiger partial charge in [0.05, 0.1) is 6.61 Å². The number of benzene rings is 2. The largest absolute Gasteiger partial charge is 0.480 e. The van der Waals surface area contributed by atoms with Crippen LogP contribution in [0.4, 0.5) is 10.6 Å². The van der Waals surface area contributed by atoms with Crippen LogP contribution in [0.3, 0.4) is 0 Å². The highest BCUT2D eigenvalue weighted by atomic mass is 16.5. The summed E-state index contributed by atoms with van der Waals surface area (Å²) in [6.07, 6.45) is -0.735. The number of anilines is 1. The number of nitrogens with zero attached hydrogens (tertiary/aromatic N) is 1. The molecule has 4 N–H and O–H groups in total. The lowest BCUT2D eigenvalue weighted by Crippen LogP contribution is -2.43. The molecule has 1 atom stereocenters. The van der Waals surface area contributed by atoms with Crippen molar-refractivity contribution in [1.82, 2.24) is 10.3 Å². The van der Waals surface area contributed by atoms with E-state index in [1.54, 1.807) is 0 Å². The molecule has 1 heterocycles. The fourth-order valence-electron chi connectivity index (χ4n) is 3.79. The van der Waals surface area contributed by atoms with E-state index >= 15 is 0 Å². The van der Waals surface area contributed by atoms with Crippen LogP contribution >= 0.6 is 0 Å². The fraction of sp³-hybridized carbons (Fsp3) is 0.167. The molecule has 0 bridgehead atoms. The van der Waals surface area contributed by atoms with E-state index in [0.717, 1.165) is 22.3 Å². The quantitative estimate of drug-likeness (QED) is 0.437. The SMILES string of the molecule is O=C(Nc1cccc(C(=O)NC(CO)C(=O)O)n1)OCC1c2ccccc2-c2ccccc21. The van der Waals surface area contributed by atoms with Crippen LogP contribution in [0.1, 0.15) is 27.5 Å². The van der Waals surface area contributed by atoms with Gasteiger partial charge in [0.1, 0.15) is 18.1 Å². The molecule has 4 rings (SSSR count). The summed E-state index contributed by atoms with van der Waals surface area (Å²) in [4.78, 5) is 39.6. The molecule has 0 saturated carbocycles. The number of carbonyl (C=O) groups excluding carboxylic acids is 2. The number of pyridine rings is 1. The molecule has 168 valence electrons. The molecule has 0 spiro atoms. The number of aliphatic carboxylic acids is 1. The number of ether oxygens (including phenoxy) is 1. The van der Waals surface area contributed by atoms with E-state index in [-0.39, 0.29) is 24.0 Å². The van der Waals surface area contributed by atoms with Gasteiger partial charge in [-0.15, -0.1) is 0 Å². The number of amides is 2. The number of fused-ring (bicyclic) bond motifs is 3. The van der Waals surface area contributed by atoms with Crippen molar-refractivity contribution in [1.29, 1.82) is 0 Å². The molecule has 2 aromatic carbocycles. The zero-order valence-electron chi connectivity index (χ0n) is 17.4. The van der Waals surface area contributed by atoms with Crippen LogP contribution in [-0.4, -0.2) is 52.4 Å². The number of rotatable bonds is 7. The Balaban J connectivity index is 1.41. The smallest absolute Gasteiger partial charge is 0.412 e. The summed E-state index contributed by atoms with van der Waals surface area (Å²) in [6, 6.07) is 18.8. The molecular formula is C24H21N3O6. The lowest BCUT2D eigenvalue weighted by molar-refractivity contribution is -0.140. The third-order valence-corrected chi connectivity index (χ3v) is 5.34. The van der Waals surface area contributed by atoms with Crippen molar-refractivity contribution in [2.75, 3.05) is 18.5 Å². The van der Waals surface area contributed by atoms with Gasteiger partial charge in [-0.1, -0.05) is 54.6 Å². The molecule has 33 heavy (non-hydrogen) atoms. The van der Waals surface area contributed by atoms with Gasteiger partial charge in [0.25, 0.3) is 5.91 Å². The third kappa shape index (κ3) is 4.68. The van der Waals surface area contributed by atoms with Crippen LogP contribution in [0.25, 0.3) is 11.1 Å². The first kappa shape index (κ1) is 22.0. The molecule has 9 nitrogen and oxygen atoms in total. The number of nitrogens with one attached hydrogen (secondary N) is 2. The fourth-order valence-corrected chi connectivity index (χ4v) is 3.79. The predicted octanol–water partition coefficient (Wildman–Crippen LogP) is 2.62. The first-order valence-corrected chi connectivity index (χ1v) is 10.2. The molecule has 1 aliphatic rings. The molecule has 0 aliphatic heterocycles. The summed E-state index contributed by atoms with van der Waals surface area (Å²) >= 11 is 0. The van der Waals surface area contributed by atoms with E-state index in [1.165, 1.54) is 18.2 Å². The van der Waals surface area contributed by atoms with Gasteiger partial charge < -0.3 is 20.3 Å². The lowest BCUT2D eigenvalue weighted by atomic mass is 9.98. The number of aliphatic hydroxyl groups is 1. The number of hydrogen-bond donors (Lipinski definition) is 4. The Kier molecular flexibility index (Phi) is 6.32. The molecular weight excluding hydrogens is 426 g/mol. The van der Waals surface area contributed by atoms with Crippen LogP contribution in [0.15, 0.2) is 66.7 Å². The average molecular weight is 447 g/mol. The van der Waals surface area contributed by atoms with E-state index in [2.05, 4.69) is 15.6 Å². The second-order valence-corrected chi connectivity index (χ2v) is 7.41. The van der Waals surface area contributed by atoms with Gasteiger partial charge in [0.2, 0.25) is 0 Å². The van der Waals surface area contributed by atoms with E-state index in [4.69, 9.17) is 14.9 Å². The van der Waals surface area contributed by atoms with Crippen molar-refractivity contribution < 1.29 is 29.3 Å². The van der Waals surface area contributed by atoms with Gasteiger partial charge in [-0.3, -0.25) is 10.1 Å². The maximum atomic E-state index is 12.4. The minimum Gasteiger partial charge on any atom is -0.480 e. The first-order chi connectivity index (χ1) is 16.0. The maximum Gasteiger partial charge on any atom is 0.412 e. The molecule has 1 aliphatic carbocycles. The maximum absolute atomic E-state index is 12.4. The molecule has 1 unspecified atom stereocenters. The Labute approximate surface area is 189 Å². The minimum absolute atomic E-state index is 0.0655. The number of carboxylic acid groups (broad SMARTS) is 1. The van der Waals surface area contributed by atoms with E-state index in [9.17, 15) is 14.4 Å². The molecule has 2 amide bonds. The van der Waals surface area contributed by atoms with Crippen molar-refractivity contribution in [2.45, 2.75) is 12.0 Å². The first-order valence-electron chi connectivity index (χ1n) is 10.2. The van der Waals surface area contributed by atoms with Gasteiger partial charge in [-0.2, -0.15) is 0 Å². The number of hydrogen-bond acceptors (Lipinski definition) is 6. The molecule has 9 heteroatoms. The summed E-state index contributed by atoms with van der Waals surface area (Å²) in [6.45, 7) is -0.643. The van der Waals surface area contributed by atoms with Crippen molar-refractivity contribution in [2.24, 2.45) is 0 Å². The van der Waals surface area contributed by atoms with Crippen LogP contribution < -0.4 is 10.6 Å². The minimum atomic E-state index is -1.46. The summed E-state index contributed by atoms with van der Waals surface area (Å²) in [5.74, 6) is -2.21. The number of aromatic nitrogens is 1. The van der Waals surface area contributed by atoms with Crippen LogP contribution in [-0.2, 0) is 9.53 Å². The van der Waals surface area contributed by atoms with Crippen molar-refractivity contribution in [3.8, 4) is 11.1 Å². The Bertz CT molecular complexity index is 1170. The standard InChI is InChI=1S/C24H21N3O6/c28-12-20(23(30)31)26-22(29)19-10-5-11-21(25-19)27-24(32)33-13-18-16-8-3-1-6-14(16)15-7-2-4-9-17(15)18/h1-11,18,20,28H,12-13H2,(H,26,29)(H,30,31)(H,25,27,32). The summed E-state index contributed by atoms with van der Waals surface area (Å²) in [7, 11) is 0. The molecule has 0 saturated heterocycles. The molecule has 3 aromatic rings. The Morgan fingerprint density at radius 2 is 1.58 bits per heavy atom. The van der Waals surface area contributed by atoms with E-state index in [0.29, 0.717) is 0 Å². The number of aliphatic hydroxyl groups excluding tert-OH is 1. The van der Waals surface area contributed by atoms with Gasteiger partial charge in [-0.25, -0.2) is 14.6 Å². The molecule has 0 fully saturated rings. The van der Waals surface area contributed by atoms with Crippen molar-refractivity contribution in [3.63, 3.8) is 0 Å². The number of carbonyl (C=O) groups is 3. The summed E-state index contributed by atoms with van der Waals surface area (Å²) < 4.78 is 5.46. The van der Waals surface area contributed by atoms with Gasteiger partial charge in [0, 0.05) is 5.92 Å². The second-order valence-electron chi connectivity index (χ2n) is 7.41. The average Bonchev–Trinajstić information content (AvgIpc) is 3.14. The normalized spacial score (nSPS) is 12.9. The van der Waals surface area contributed by atoms with Crippen LogP contribution in [0.2, 0.25) is 0 Å². The van der Waals surface area contributed by atoms with E-state index < -0.39 is 30.6 Å². The molecule has 0 radical (unpaired) electrons. The zero-order valence-corrected chi connectivity index (χ0v) is 17.4. The Hall–Kier alpha value is -4.24. The zero-order chi connectivity index (χ0) is 23.4. The van der Waals surface area contributed by atoms with Gasteiger partial charge >= 0.3 is 12.1 Å². The lowest BCUT2D eigenvalue weighted by Gasteiger charge is -2.15. The van der Waals surface area contributed by atoms with E-state index in [1.807, 2.05) is 48.5 Å². The van der Waals surface area contributed by atoms with Crippen LogP contribution in [0, 0.1) is 0 Å². The third-order valence-electron chi connectivity index (χ3n) is 5.34.